The van der Waals surface area contributed by atoms with Crippen molar-refractivity contribution in [3.05, 3.63) is 29.7 Å². The van der Waals surface area contributed by atoms with E-state index in [0.717, 1.165) is 18.8 Å². The van der Waals surface area contributed by atoms with Crippen LogP contribution in [0.5, 0.6) is 0 Å². The average Bonchev–Trinajstić information content (AvgIpc) is 2.87. The molecule has 2 aromatic heterocycles. The van der Waals surface area contributed by atoms with Gasteiger partial charge in [0, 0.05) is 19.2 Å². The van der Waals surface area contributed by atoms with E-state index in [-0.39, 0.29) is 5.97 Å². The van der Waals surface area contributed by atoms with Crippen molar-refractivity contribution < 1.29 is 9.53 Å². The molecule has 1 atom stereocenters. The van der Waals surface area contributed by atoms with Crippen LogP contribution in [0.25, 0.3) is 5.65 Å². The summed E-state index contributed by atoms with van der Waals surface area (Å²) in [6.45, 7) is 2.28. The van der Waals surface area contributed by atoms with Crippen molar-refractivity contribution in [2.24, 2.45) is 5.92 Å². The van der Waals surface area contributed by atoms with E-state index in [2.05, 4.69) is 22.0 Å². The average molecular weight is 288 g/mol. The SMILES string of the molecule is COC(=O)c1ccn2nc(CC3CCCN(C)C3)nc2c1. The highest BCUT2D eigenvalue weighted by molar-refractivity contribution is 5.90. The maximum atomic E-state index is 11.5. The van der Waals surface area contributed by atoms with Crippen molar-refractivity contribution >= 4 is 11.6 Å². The summed E-state index contributed by atoms with van der Waals surface area (Å²) in [6.07, 6.45) is 5.11. The van der Waals surface area contributed by atoms with Gasteiger partial charge in [-0.05, 0) is 44.5 Å². The van der Waals surface area contributed by atoms with E-state index in [1.807, 2.05) is 0 Å². The van der Waals surface area contributed by atoms with Crippen LogP contribution in [0.1, 0.15) is 29.0 Å². The number of esters is 1. The highest BCUT2D eigenvalue weighted by Gasteiger charge is 2.19. The van der Waals surface area contributed by atoms with E-state index in [0.29, 0.717) is 17.1 Å². The van der Waals surface area contributed by atoms with E-state index in [1.165, 1.54) is 26.5 Å². The predicted molar refractivity (Wildman–Crippen MR) is 78.3 cm³/mol. The third-order valence-electron chi connectivity index (χ3n) is 4.00. The number of carbonyl (C=O) groups excluding carboxylic acids is 1. The summed E-state index contributed by atoms with van der Waals surface area (Å²) in [7, 11) is 3.53. The van der Waals surface area contributed by atoms with Crippen molar-refractivity contribution in [1.29, 1.82) is 0 Å². The van der Waals surface area contributed by atoms with E-state index in [4.69, 9.17) is 4.74 Å². The first-order chi connectivity index (χ1) is 10.2. The largest absolute Gasteiger partial charge is 0.465 e. The minimum absolute atomic E-state index is 0.351. The summed E-state index contributed by atoms with van der Waals surface area (Å²) in [4.78, 5) is 18.4. The molecule has 0 amide bonds. The van der Waals surface area contributed by atoms with E-state index in [1.54, 1.807) is 22.8 Å². The Morgan fingerprint density at radius 1 is 1.52 bits per heavy atom. The van der Waals surface area contributed by atoms with Gasteiger partial charge in [-0.1, -0.05) is 0 Å². The summed E-state index contributed by atoms with van der Waals surface area (Å²) in [6, 6.07) is 3.42. The zero-order valence-electron chi connectivity index (χ0n) is 12.5. The van der Waals surface area contributed by atoms with Gasteiger partial charge in [-0.3, -0.25) is 0 Å². The molecule has 1 unspecified atom stereocenters. The van der Waals surface area contributed by atoms with Crippen LogP contribution >= 0.6 is 0 Å². The summed E-state index contributed by atoms with van der Waals surface area (Å²) >= 11 is 0. The van der Waals surface area contributed by atoms with Gasteiger partial charge in [0.2, 0.25) is 0 Å². The molecule has 1 aliphatic rings. The number of hydrogen-bond donors (Lipinski definition) is 0. The lowest BCUT2D eigenvalue weighted by Crippen LogP contribution is -2.33. The van der Waals surface area contributed by atoms with Gasteiger partial charge in [-0.2, -0.15) is 5.10 Å². The molecule has 1 aliphatic heterocycles. The van der Waals surface area contributed by atoms with Gasteiger partial charge in [-0.25, -0.2) is 14.3 Å². The molecule has 6 nitrogen and oxygen atoms in total. The van der Waals surface area contributed by atoms with Crippen LogP contribution in [0.15, 0.2) is 18.3 Å². The smallest absolute Gasteiger partial charge is 0.338 e. The molecule has 21 heavy (non-hydrogen) atoms. The van der Waals surface area contributed by atoms with Gasteiger partial charge >= 0.3 is 5.97 Å². The molecule has 0 saturated carbocycles. The third kappa shape index (κ3) is 3.05. The second-order valence-corrected chi connectivity index (χ2v) is 5.71. The molecule has 3 rings (SSSR count). The zero-order chi connectivity index (χ0) is 14.8. The normalized spacial score (nSPS) is 19.8. The van der Waals surface area contributed by atoms with Crippen molar-refractivity contribution in [2.45, 2.75) is 19.3 Å². The van der Waals surface area contributed by atoms with Crippen molar-refractivity contribution in [3.8, 4) is 0 Å². The minimum atomic E-state index is -0.351. The highest BCUT2D eigenvalue weighted by atomic mass is 16.5. The quantitative estimate of drug-likeness (QED) is 0.799. The number of fused-ring (bicyclic) bond motifs is 1. The Kier molecular flexibility index (Phi) is 3.88. The summed E-state index contributed by atoms with van der Waals surface area (Å²) in [5.74, 6) is 1.11. The fraction of sp³-hybridized carbons (Fsp3) is 0.533. The van der Waals surface area contributed by atoms with Crippen LogP contribution in [0.3, 0.4) is 0 Å². The minimum Gasteiger partial charge on any atom is -0.465 e. The molecule has 0 N–H and O–H groups in total. The molecule has 6 heteroatoms. The summed E-state index contributed by atoms with van der Waals surface area (Å²) < 4.78 is 6.44. The van der Waals surface area contributed by atoms with Gasteiger partial charge < -0.3 is 9.64 Å². The number of rotatable bonds is 3. The number of piperidine rings is 1. The number of likely N-dealkylation sites (tertiary alicyclic amines) is 1. The number of pyridine rings is 1. The van der Waals surface area contributed by atoms with Gasteiger partial charge in [-0.15, -0.1) is 0 Å². The van der Waals surface area contributed by atoms with Crippen molar-refractivity contribution in [1.82, 2.24) is 19.5 Å². The molecule has 1 saturated heterocycles. The van der Waals surface area contributed by atoms with Crippen LogP contribution in [-0.4, -0.2) is 52.7 Å². The van der Waals surface area contributed by atoms with Gasteiger partial charge in [0.25, 0.3) is 0 Å². The molecule has 0 bridgehead atoms. The molecule has 2 aromatic rings. The second kappa shape index (κ2) is 5.81. The van der Waals surface area contributed by atoms with Crippen LogP contribution in [0, 0.1) is 5.92 Å². The lowest BCUT2D eigenvalue weighted by atomic mass is 9.95. The number of carbonyl (C=O) groups is 1. The Morgan fingerprint density at radius 2 is 2.38 bits per heavy atom. The third-order valence-corrected chi connectivity index (χ3v) is 4.00. The number of ether oxygens (including phenoxy) is 1. The maximum Gasteiger partial charge on any atom is 0.338 e. The maximum absolute atomic E-state index is 11.5. The Balaban J connectivity index is 1.79. The second-order valence-electron chi connectivity index (χ2n) is 5.71. The first-order valence-electron chi connectivity index (χ1n) is 7.28. The lowest BCUT2D eigenvalue weighted by molar-refractivity contribution is 0.0600. The molecule has 0 aliphatic carbocycles. The fourth-order valence-corrected chi connectivity index (χ4v) is 2.96. The van der Waals surface area contributed by atoms with Gasteiger partial charge in [0.05, 0.1) is 12.7 Å². The molecule has 112 valence electrons. The Hall–Kier alpha value is -1.95. The van der Waals surface area contributed by atoms with Crippen LogP contribution in [0.2, 0.25) is 0 Å². The predicted octanol–water partition coefficient (Wildman–Crippen LogP) is 1.40. The van der Waals surface area contributed by atoms with E-state index in [9.17, 15) is 4.79 Å². The summed E-state index contributed by atoms with van der Waals surface area (Å²) in [5, 5.41) is 4.49. The first kappa shape index (κ1) is 14.0. The van der Waals surface area contributed by atoms with Crippen molar-refractivity contribution in [2.75, 3.05) is 27.2 Å². The van der Waals surface area contributed by atoms with Crippen LogP contribution < -0.4 is 0 Å². The molecule has 0 spiro atoms. The monoisotopic (exact) mass is 288 g/mol. The fourth-order valence-electron chi connectivity index (χ4n) is 2.96. The van der Waals surface area contributed by atoms with E-state index < -0.39 is 0 Å². The highest BCUT2D eigenvalue weighted by Crippen LogP contribution is 2.19. The number of methoxy groups -OCH3 is 1. The molecular weight excluding hydrogens is 268 g/mol. The first-order valence-corrected chi connectivity index (χ1v) is 7.28. The topological polar surface area (TPSA) is 59.7 Å². The number of hydrogen-bond acceptors (Lipinski definition) is 5. The Labute approximate surface area is 123 Å². The van der Waals surface area contributed by atoms with E-state index >= 15 is 0 Å². The Bertz CT molecular complexity index is 652. The lowest BCUT2D eigenvalue weighted by Gasteiger charge is -2.28. The van der Waals surface area contributed by atoms with Gasteiger partial charge in [0.1, 0.15) is 0 Å². The molecular formula is C15H20N4O2. The Morgan fingerprint density at radius 3 is 3.14 bits per heavy atom. The van der Waals surface area contributed by atoms with Crippen LogP contribution in [-0.2, 0) is 11.2 Å². The van der Waals surface area contributed by atoms with Crippen molar-refractivity contribution in [3.63, 3.8) is 0 Å². The standard InChI is InChI=1S/C15H20N4O2/c1-18-6-3-4-11(10-18)8-13-16-14-9-12(15(20)21-2)5-7-19(14)17-13/h5,7,9,11H,3-4,6,8,10H2,1-2H3. The van der Waals surface area contributed by atoms with Gasteiger partial charge in [0.15, 0.2) is 11.5 Å². The number of nitrogens with zero attached hydrogens (tertiary/aromatic N) is 4. The number of aromatic nitrogens is 3. The molecule has 1 fully saturated rings. The summed E-state index contributed by atoms with van der Waals surface area (Å²) in [5.41, 5.74) is 1.19. The molecule has 3 heterocycles. The van der Waals surface area contributed by atoms with Crippen LogP contribution in [0.4, 0.5) is 0 Å². The molecule has 0 radical (unpaired) electrons. The zero-order valence-corrected chi connectivity index (χ0v) is 12.5. The molecule has 0 aromatic carbocycles.